The molecule has 2 atom stereocenters. The Kier molecular flexibility index (Phi) is 3.81. The van der Waals surface area contributed by atoms with Crippen LogP contribution < -0.4 is 9.80 Å². The first-order valence-electron chi connectivity index (χ1n) is 8.01. The summed E-state index contributed by atoms with van der Waals surface area (Å²) in [6.45, 7) is 2.00. The third-order valence-corrected chi connectivity index (χ3v) is 6.88. The van der Waals surface area contributed by atoms with E-state index in [2.05, 4.69) is 0 Å². The van der Waals surface area contributed by atoms with Crippen LogP contribution in [0.25, 0.3) is 0 Å². The van der Waals surface area contributed by atoms with Crippen LogP contribution in [0.1, 0.15) is 5.56 Å². The predicted molar refractivity (Wildman–Crippen MR) is 101 cm³/mol. The normalized spacial score (nSPS) is 24.6. The van der Waals surface area contributed by atoms with Crippen LogP contribution in [0.4, 0.5) is 15.8 Å². The Morgan fingerprint density at radius 3 is 1.84 bits per heavy atom. The van der Waals surface area contributed by atoms with Crippen molar-refractivity contribution in [3.63, 3.8) is 0 Å². The summed E-state index contributed by atoms with van der Waals surface area (Å²) in [5, 5.41) is 0.556. The molecule has 0 aliphatic carbocycles. The maximum Gasteiger partial charge on any atom is 0.181 e. The maximum atomic E-state index is 13.3. The summed E-state index contributed by atoms with van der Waals surface area (Å²) in [6.07, 6.45) is 0. The van der Waals surface area contributed by atoms with Crippen LogP contribution in [0.2, 0.25) is 0 Å². The number of anilines is 2. The van der Waals surface area contributed by atoms with Gasteiger partial charge in [0.1, 0.15) is 5.82 Å². The largest absolute Gasteiger partial charge is 0.312 e. The molecule has 0 aromatic heterocycles. The van der Waals surface area contributed by atoms with E-state index in [1.807, 2.05) is 41.0 Å². The van der Waals surface area contributed by atoms with Crippen molar-refractivity contribution < 1.29 is 12.8 Å². The second-order valence-electron chi connectivity index (χ2n) is 6.55. The number of fused-ring (bicyclic) bond motifs is 1. The first kappa shape index (κ1) is 16.5. The zero-order valence-electron chi connectivity index (χ0n) is 13.6. The van der Waals surface area contributed by atoms with Crippen molar-refractivity contribution in [3.8, 4) is 0 Å². The number of halogens is 1. The van der Waals surface area contributed by atoms with Crippen molar-refractivity contribution in [3.05, 3.63) is 59.9 Å². The van der Waals surface area contributed by atoms with E-state index in [9.17, 15) is 12.8 Å². The molecule has 2 aromatic carbocycles. The molecular formula is C18H17FN2O2S2. The van der Waals surface area contributed by atoms with Gasteiger partial charge in [-0.15, -0.1) is 0 Å². The smallest absolute Gasteiger partial charge is 0.181 e. The molecule has 2 aliphatic heterocycles. The molecule has 130 valence electrons. The molecule has 4 rings (SSSR count). The quantitative estimate of drug-likeness (QED) is 0.754. The molecule has 4 nitrogen and oxygen atoms in total. The number of hydrogen-bond acceptors (Lipinski definition) is 3. The summed E-state index contributed by atoms with van der Waals surface area (Å²) in [7, 11) is -3.14. The minimum atomic E-state index is -3.14. The van der Waals surface area contributed by atoms with Gasteiger partial charge < -0.3 is 9.80 Å². The second kappa shape index (κ2) is 5.78. The molecule has 2 fully saturated rings. The summed E-state index contributed by atoms with van der Waals surface area (Å²) in [5.74, 6) is -0.208. The molecule has 0 spiro atoms. The van der Waals surface area contributed by atoms with Gasteiger partial charge in [0.2, 0.25) is 0 Å². The molecule has 2 aromatic rings. The average molecular weight is 376 g/mol. The van der Waals surface area contributed by atoms with Gasteiger partial charge in [-0.3, -0.25) is 0 Å². The molecule has 0 bridgehead atoms. The highest BCUT2D eigenvalue weighted by Gasteiger charge is 2.52. The molecule has 2 saturated heterocycles. The molecule has 0 N–H and O–H groups in total. The monoisotopic (exact) mass is 376 g/mol. The molecule has 2 heterocycles. The van der Waals surface area contributed by atoms with Gasteiger partial charge in [-0.1, -0.05) is 17.7 Å². The van der Waals surface area contributed by atoms with E-state index in [-0.39, 0.29) is 29.4 Å². The van der Waals surface area contributed by atoms with Crippen molar-refractivity contribution in [1.29, 1.82) is 0 Å². The van der Waals surface area contributed by atoms with Gasteiger partial charge in [0, 0.05) is 11.4 Å². The molecule has 2 aliphatic rings. The van der Waals surface area contributed by atoms with Crippen molar-refractivity contribution in [2.45, 2.75) is 19.0 Å². The summed E-state index contributed by atoms with van der Waals surface area (Å²) in [6, 6.07) is 13.4. The van der Waals surface area contributed by atoms with Gasteiger partial charge in [-0.2, -0.15) is 0 Å². The van der Waals surface area contributed by atoms with Gasteiger partial charge in [0.25, 0.3) is 0 Å². The van der Waals surface area contributed by atoms with E-state index < -0.39 is 9.84 Å². The van der Waals surface area contributed by atoms with E-state index >= 15 is 0 Å². The fourth-order valence-corrected chi connectivity index (χ4v) is 6.02. The lowest BCUT2D eigenvalue weighted by atomic mass is 10.1. The van der Waals surface area contributed by atoms with Crippen molar-refractivity contribution in [1.82, 2.24) is 0 Å². The summed E-state index contributed by atoms with van der Waals surface area (Å²) < 4.78 is 37.8. The lowest BCUT2D eigenvalue weighted by Gasteiger charge is -2.25. The molecule has 2 unspecified atom stereocenters. The van der Waals surface area contributed by atoms with Gasteiger partial charge in [0.15, 0.2) is 14.9 Å². The SMILES string of the molecule is Cc1ccc(N2C(=S)N(c3ccc(F)cc3)C3CS(=O)(=O)CC32)cc1. The predicted octanol–water partition coefficient (Wildman–Crippen LogP) is 2.91. The van der Waals surface area contributed by atoms with Crippen LogP contribution in [-0.4, -0.2) is 37.1 Å². The van der Waals surface area contributed by atoms with E-state index in [1.165, 1.54) is 12.1 Å². The number of nitrogens with zero attached hydrogens (tertiary/aromatic N) is 2. The van der Waals surface area contributed by atoms with Crippen LogP contribution in [0.15, 0.2) is 48.5 Å². The Labute approximate surface area is 151 Å². The maximum absolute atomic E-state index is 13.3. The Bertz CT molecular complexity index is 857. The minimum Gasteiger partial charge on any atom is -0.312 e. The van der Waals surface area contributed by atoms with Crippen molar-refractivity contribution >= 4 is 38.5 Å². The first-order valence-corrected chi connectivity index (χ1v) is 10.2. The highest BCUT2D eigenvalue weighted by molar-refractivity contribution is 7.91. The number of rotatable bonds is 2. The number of sulfone groups is 1. The Balaban J connectivity index is 1.79. The number of benzene rings is 2. The number of aryl methyl sites for hydroxylation is 1. The summed E-state index contributed by atoms with van der Waals surface area (Å²) in [4.78, 5) is 3.77. The molecule has 25 heavy (non-hydrogen) atoms. The van der Waals surface area contributed by atoms with Gasteiger partial charge in [-0.05, 0) is 55.5 Å². The van der Waals surface area contributed by atoms with Crippen molar-refractivity contribution in [2.24, 2.45) is 0 Å². The molecule has 0 radical (unpaired) electrons. The van der Waals surface area contributed by atoms with Gasteiger partial charge >= 0.3 is 0 Å². The van der Waals surface area contributed by atoms with E-state index in [4.69, 9.17) is 12.2 Å². The fraction of sp³-hybridized carbons (Fsp3) is 0.278. The molecular weight excluding hydrogens is 359 g/mol. The third-order valence-electron chi connectivity index (χ3n) is 4.79. The highest BCUT2D eigenvalue weighted by atomic mass is 32.2. The fourth-order valence-electron chi connectivity index (χ4n) is 3.61. The second-order valence-corrected chi connectivity index (χ2v) is 9.07. The third kappa shape index (κ3) is 2.81. The molecule has 0 saturated carbocycles. The van der Waals surface area contributed by atoms with Crippen molar-refractivity contribution in [2.75, 3.05) is 21.3 Å². The van der Waals surface area contributed by atoms with Crippen LogP contribution in [0.5, 0.6) is 0 Å². The molecule has 7 heteroatoms. The van der Waals surface area contributed by atoms with E-state index in [0.29, 0.717) is 10.8 Å². The van der Waals surface area contributed by atoms with Crippen LogP contribution in [0.3, 0.4) is 0 Å². The first-order chi connectivity index (χ1) is 11.9. The number of hydrogen-bond donors (Lipinski definition) is 0. The Morgan fingerprint density at radius 1 is 0.920 bits per heavy atom. The lowest BCUT2D eigenvalue weighted by molar-refractivity contribution is 0.601. The lowest BCUT2D eigenvalue weighted by Crippen LogP contribution is -2.37. The Hall–Kier alpha value is -1.99. The topological polar surface area (TPSA) is 40.6 Å². The minimum absolute atomic E-state index is 0.0531. The van der Waals surface area contributed by atoms with Crippen LogP contribution >= 0.6 is 12.2 Å². The highest BCUT2D eigenvalue weighted by Crippen LogP contribution is 2.38. The zero-order chi connectivity index (χ0) is 17.8. The van der Waals surface area contributed by atoms with E-state index in [1.54, 1.807) is 12.1 Å². The Morgan fingerprint density at radius 2 is 1.36 bits per heavy atom. The van der Waals surface area contributed by atoms with E-state index in [0.717, 1.165) is 11.3 Å². The van der Waals surface area contributed by atoms with Gasteiger partial charge in [0.05, 0.1) is 23.6 Å². The zero-order valence-corrected chi connectivity index (χ0v) is 15.2. The van der Waals surface area contributed by atoms with Gasteiger partial charge in [-0.25, -0.2) is 12.8 Å². The number of thiocarbonyl (C=S) groups is 1. The van der Waals surface area contributed by atoms with Crippen LogP contribution in [-0.2, 0) is 9.84 Å². The molecule has 0 amide bonds. The summed E-state index contributed by atoms with van der Waals surface area (Å²) in [5.41, 5.74) is 2.72. The van der Waals surface area contributed by atoms with Crippen LogP contribution in [0, 0.1) is 12.7 Å². The summed E-state index contributed by atoms with van der Waals surface area (Å²) >= 11 is 5.68. The standard InChI is InChI=1S/C18H17FN2O2S2/c1-12-2-6-14(7-3-12)20-16-10-25(22,23)11-17(16)21(18(20)24)15-8-4-13(19)5-9-15/h2-9,16-17H,10-11H2,1H3. The average Bonchev–Trinajstić information content (AvgIpc) is 2.99.